The van der Waals surface area contributed by atoms with Crippen molar-refractivity contribution in [2.45, 2.75) is 43.4 Å². The lowest BCUT2D eigenvalue weighted by atomic mass is 9.57. The van der Waals surface area contributed by atoms with E-state index >= 15 is 0 Å². The van der Waals surface area contributed by atoms with Crippen LogP contribution in [0.15, 0.2) is 103 Å². The highest BCUT2D eigenvalue weighted by Gasteiger charge is 2.51. The summed E-state index contributed by atoms with van der Waals surface area (Å²) in [6.45, 7) is 2.05. The van der Waals surface area contributed by atoms with Crippen LogP contribution in [0.4, 0.5) is 13.2 Å². The molecule has 222 valence electrons. The molecule has 1 saturated carbocycles. The van der Waals surface area contributed by atoms with Crippen molar-refractivity contribution in [2.75, 3.05) is 6.54 Å². The Hall–Kier alpha value is -4.76. The fourth-order valence-electron chi connectivity index (χ4n) is 6.65. The van der Waals surface area contributed by atoms with Crippen LogP contribution in [-0.2, 0) is 18.1 Å². The third-order valence-corrected chi connectivity index (χ3v) is 9.14. The Kier molecular flexibility index (Phi) is 6.85. The minimum absolute atomic E-state index is 0.0966. The minimum atomic E-state index is -4.43. The second-order valence-electron chi connectivity index (χ2n) is 11.8. The summed E-state index contributed by atoms with van der Waals surface area (Å²) in [6.07, 6.45) is 0.549. The molecule has 3 aliphatic rings. The number of aromatic nitrogens is 3. The first-order valence-electron chi connectivity index (χ1n) is 14.5. The van der Waals surface area contributed by atoms with Crippen LogP contribution in [-0.4, -0.2) is 43.6 Å². The average Bonchev–Trinajstić information content (AvgIpc) is 3.52. The third-order valence-electron chi connectivity index (χ3n) is 9.14. The summed E-state index contributed by atoms with van der Waals surface area (Å²) in [6, 6.07) is 29.3. The molecule has 9 heteroatoms. The largest absolute Gasteiger partial charge is 0.478 e. The molecule has 0 spiro atoms. The Bertz CT molecular complexity index is 1800. The number of alkyl halides is 3. The molecule has 1 N–H and O–H groups in total. The topological polar surface area (TPSA) is 71.2 Å². The van der Waals surface area contributed by atoms with Gasteiger partial charge < -0.3 is 5.11 Å². The van der Waals surface area contributed by atoms with Crippen molar-refractivity contribution >= 4 is 5.97 Å². The highest BCUT2D eigenvalue weighted by Crippen LogP contribution is 2.52. The molecule has 1 aliphatic carbocycles. The molecular formula is C35H29F3N4O2. The summed E-state index contributed by atoms with van der Waals surface area (Å²) in [4.78, 5) is 14.6. The van der Waals surface area contributed by atoms with Crippen LogP contribution in [0, 0.1) is 0 Å². The van der Waals surface area contributed by atoms with Gasteiger partial charge in [-0.05, 0) is 83.8 Å². The maximum Gasteiger partial charge on any atom is 0.416 e. The fraction of sp³-hybridized carbons (Fsp3) is 0.229. The number of hydrogen-bond donors (Lipinski definition) is 1. The Labute approximate surface area is 252 Å². The molecule has 5 aromatic rings. The van der Waals surface area contributed by atoms with Crippen LogP contribution in [0.1, 0.15) is 46.3 Å². The summed E-state index contributed by atoms with van der Waals surface area (Å²) in [5, 5.41) is 18.1. The smallest absolute Gasteiger partial charge is 0.416 e. The number of nitrogens with zero attached hydrogens (tertiary/aromatic N) is 4. The van der Waals surface area contributed by atoms with E-state index in [1.165, 1.54) is 34.0 Å². The summed E-state index contributed by atoms with van der Waals surface area (Å²) >= 11 is 0. The van der Waals surface area contributed by atoms with Gasteiger partial charge in [0.05, 0.1) is 23.0 Å². The number of halogens is 3. The average molecular weight is 595 g/mol. The molecule has 0 atom stereocenters. The number of fused-ring (bicyclic) bond motifs is 2. The molecule has 2 bridgehead atoms. The van der Waals surface area contributed by atoms with E-state index in [9.17, 15) is 23.1 Å². The number of hydrogen-bond acceptors (Lipinski definition) is 4. The van der Waals surface area contributed by atoms with E-state index in [1.54, 1.807) is 12.3 Å². The van der Waals surface area contributed by atoms with Crippen molar-refractivity contribution < 1.29 is 23.1 Å². The Balaban J connectivity index is 1.10. The van der Waals surface area contributed by atoms with E-state index in [-0.39, 0.29) is 11.0 Å². The lowest BCUT2D eigenvalue weighted by Crippen LogP contribution is -2.59. The Morgan fingerprint density at radius 2 is 1.59 bits per heavy atom. The number of benzene rings is 4. The van der Waals surface area contributed by atoms with Gasteiger partial charge in [-0.25, -0.2) is 9.48 Å². The second-order valence-corrected chi connectivity index (χ2v) is 11.8. The number of carboxylic acids is 1. The quantitative estimate of drug-likeness (QED) is 0.210. The first kappa shape index (κ1) is 28.0. The predicted octanol–water partition coefficient (Wildman–Crippen LogP) is 7.62. The lowest BCUT2D eigenvalue weighted by Gasteiger charge is -2.58. The van der Waals surface area contributed by atoms with Gasteiger partial charge in [0.1, 0.15) is 5.69 Å². The van der Waals surface area contributed by atoms with Crippen molar-refractivity contribution in [1.82, 2.24) is 19.9 Å². The number of carbonyl (C=O) groups is 1. The van der Waals surface area contributed by atoms with E-state index < -0.39 is 17.7 Å². The van der Waals surface area contributed by atoms with Crippen LogP contribution < -0.4 is 0 Å². The number of rotatable bonds is 7. The van der Waals surface area contributed by atoms with Crippen molar-refractivity contribution in [3.63, 3.8) is 0 Å². The fourth-order valence-corrected chi connectivity index (χ4v) is 6.65. The van der Waals surface area contributed by atoms with E-state index in [0.29, 0.717) is 23.0 Å². The summed E-state index contributed by atoms with van der Waals surface area (Å²) in [5.41, 5.74) is 5.15. The molecule has 3 heterocycles. The molecule has 6 nitrogen and oxygen atoms in total. The number of carboxylic acid groups (broad SMARTS) is 1. The van der Waals surface area contributed by atoms with Crippen LogP contribution in [0.5, 0.6) is 0 Å². The highest BCUT2D eigenvalue weighted by atomic mass is 19.4. The van der Waals surface area contributed by atoms with E-state index in [2.05, 4.69) is 51.6 Å². The molecule has 2 aliphatic heterocycles. The standard InChI is InChI=1S/C35H29F3N4O2/c36-35(37,38)29-12-8-25(9-13-29)32-22-42(40-39-32)30-17-26(16-27(18-30)33(43)44)24-6-10-28(11-7-24)34-14-15-41(31(19-34)20-34)21-23-4-2-1-3-5-23/h1-13,16-18,22,31H,14-15,19-21H2,(H,43,44). The number of piperidine rings is 2. The van der Waals surface area contributed by atoms with Gasteiger partial charge in [0, 0.05) is 18.2 Å². The van der Waals surface area contributed by atoms with Crippen molar-refractivity contribution in [1.29, 1.82) is 0 Å². The van der Waals surface area contributed by atoms with Crippen molar-refractivity contribution in [3.8, 4) is 28.1 Å². The molecule has 0 amide bonds. The summed E-state index contributed by atoms with van der Waals surface area (Å²) < 4.78 is 40.3. The van der Waals surface area contributed by atoms with Crippen LogP contribution in [0.25, 0.3) is 28.1 Å². The van der Waals surface area contributed by atoms with Gasteiger partial charge >= 0.3 is 12.1 Å². The SMILES string of the molecule is O=C(O)c1cc(-c2ccc(C34CCN(Cc5ccccc5)C(C3)C4)cc2)cc(-n2cc(-c3ccc(C(F)(F)F)cc3)nn2)c1. The predicted molar refractivity (Wildman–Crippen MR) is 160 cm³/mol. The molecular weight excluding hydrogens is 565 g/mol. The van der Waals surface area contributed by atoms with Crippen LogP contribution in [0.3, 0.4) is 0 Å². The van der Waals surface area contributed by atoms with Crippen molar-refractivity contribution in [3.05, 3.63) is 126 Å². The maximum atomic E-state index is 13.0. The van der Waals surface area contributed by atoms with E-state index in [4.69, 9.17) is 0 Å². The zero-order valence-corrected chi connectivity index (χ0v) is 23.7. The van der Waals surface area contributed by atoms with Crippen LogP contribution in [0.2, 0.25) is 0 Å². The molecule has 8 rings (SSSR count). The summed E-state index contributed by atoms with van der Waals surface area (Å²) in [5.74, 6) is -1.07. The zero-order valence-electron chi connectivity index (χ0n) is 23.7. The van der Waals surface area contributed by atoms with Crippen LogP contribution >= 0.6 is 0 Å². The summed E-state index contributed by atoms with van der Waals surface area (Å²) in [7, 11) is 0. The Morgan fingerprint density at radius 3 is 2.23 bits per heavy atom. The van der Waals surface area contributed by atoms with Gasteiger partial charge in [-0.2, -0.15) is 13.2 Å². The van der Waals surface area contributed by atoms with Crippen molar-refractivity contribution in [2.24, 2.45) is 0 Å². The molecule has 1 aromatic heterocycles. The molecule has 3 fully saturated rings. The zero-order chi connectivity index (χ0) is 30.5. The monoisotopic (exact) mass is 594 g/mol. The van der Waals surface area contributed by atoms with Gasteiger partial charge in [-0.3, -0.25) is 4.90 Å². The van der Waals surface area contributed by atoms with E-state index in [1.807, 2.05) is 24.3 Å². The lowest BCUT2D eigenvalue weighted by molar-refractivity contribution is -0.137. The molecule has 4 aromatic carbocycles. The Morgan fingerprint density at radius 1 is 0.886 bits per heavy atom. The maximum absolute atomic E-state index is 13.0. The first-order chi connectivity index (χ1) is 21.2. The van der Waals surface area contributed by atoms with Gasteiger partial charge in [0.25, 0.3) is 0 Å². The number of aromatic carboxylic acids is 1. The molecule has 0 unspecified atom stereocenters. The highest BCUT2D eigenvalue weighted by molar-refractivity contribution is 5.90. The molecule has 44 heavy (non-hydrogen) atoms. The third kappa shape index (κ3) is 5.28. The first-order valence-corrected chi connectivity index (χ1v) is 14.5. The van der Waals surface area contributed by atoms with Gasteiger partial charge in [-0.15, -0.1) is 5.10 Å². The van der Waals surface area contributed by atoms with Gasteiger partial charge in [0.2, 0.25) is 0 Å². The molecule has 2 saturated heterocycles. The molecule has 0 radical (unpaired) electrons. The van der Waals surface area contributed by atoms with E-state index in [0.717, 1.165) is 55.6 Å². The van der Waals surface area contributed by atoms with Gasteiger partial charge in [0.15, 0.2) is 0 Å². The normalized spacial score (nSPS) is 19.8. The second kappa shape index (κ2) is 10.7. The van der Waals surface area contributed by atoms with Gasteiger partial charge in [-0.1, -0.05) is 71.9 Å². The minimum Gasteiger partial charge on any atom is -0.478 e.